The molecule has 0 radical (unpaired) electrons. The molecule has 1 atom stereocenters. The van der Waals surface area contributed by atoms with Crippen LogP contribution in [0.3, 0.4) is 0 Å². The van der Waals surface area contributed by atoms with Crippen LogP contribution < -0.4 is 5.32 Å². The van der Waals surface area contributed by atoms with E-state index < -0.39 is 5.97 Å². The normalized spacial score (nSPS) is 13.1. The molecule has 0 saturated heterocycles. The highest BCUT2D eigenvalue weighted by molar-refractivity contribution is 5.80. The number of nitrogens with one attached hydrogen (secondary N) is 1. The Morgan fingerprint density at radius 3 is 1.66 bits per heavy atom. The predicted octanol–water partition coefficient (Wildman–Crippen LogP) is 10.8. The Kier molecular flexibility index (Phi) is 32.9. The van der Waals surface area contributed by atoms with E-state index in [2.05, 4.69) is 98.2 Å². The van der Waals surface area contributed by atoms with Crippen LogP contribution in [-0.2, 0) is 19.1 Å². The number of hydrogen-bond acceptors (Lipinski definition) is 4. The lowest BCUT2D eigenvalue weighted by Gasteiger charge is -2.14. The summed E-state index contributed by atoms with van der Waals surface area (Å²) in [7, 11) is 0. The maximum absolute atomic E-state index is 12.5. The SMILES string of the molecule is CC/C=C\C/C=C\C/C=C\C/C=C\C/C=C\C/C=C\CCCCCCC(=O)OC(/C=C\CCC)CCCCCCC(=O)NCC(=O)O. The number of aliphatic carboxylic acids is 1. The van der Waals surface area contributed by atoms with Crippen LogP contribution in [0.2, 0.25) is 0 Å². The van der Waals surface area contributed by atoms with Crippen molar-refractivity contribution >= 4 is 17.8 Å². The summed E-state index contributed by atoms with van der Waals surface area (Å²) in [6.45, 7) is 3.95. The number of carboxylic acids is 1. The standard InChI is InChI=1S/C41H65NO5/c1-3-5-7-8-9-10-11-12-13-14-15-16-17-18-19-20-21-22-23-24-25-26-32-36-41(46)47-38(33-29-6-4-2)34-30-27-28-31-35-39(43)42-37-40(44)45/h5,7,9-10,12-13,15-16,18-19,21-22,29,33,38H,3-4,6,8,11,14,17,20,23-28,30-32,34-37H2,1-2H3,(H,42,43)(H,44,45)/b7-5-,10-9-,13-12-,16-15-,19-18-,22-21-,33-29-. The van der Waals surface area contributed by atoms with Gasteiger partial charge in [0, 0.05) is 12.8 Å². The Labute approximate surface area is 286 Å². The minimum absolute atomic E-state index is 0.122. The van der Waals surface area contributed by atoms with Gasteiger partial charge in [0.1, 0.15) is 12.6 Å². The molecule has 0 heterocycles. The number of ether oxygens (including phenoxy) is 1. The molecule has 6 heteroatoms. The van der Waals surface area contributed by atoms with Crippen LogP contribution in [0, 0.1) is 0 Å². The fourth-order valence-corrected chi connectivity index (χ4v) is 4.61. The number of esters is 1. The second-order valence-corrected chi connectivity index (χ2v) is 11.7. The highest BCUT2D eigenvalue weighted by Gasteiger charge is 2.11. The number of amides is 1. The molecular weight excluding hydrogens is 586 g/mol. The smallest absolute Gasteiger partial charge is 0.322 e. The topological polar surface area (TPSA) is 92.7 Å². The fraction of sp³-hybridized carbons (Fsp3) is 0.585. The van der Waals surface area contributed by atoms with Gasteiger partial charge in [0.15, 0.2) is 0 Å². The summed E-state index contributed by atoms with van der Waals surface area (Å²) < 4.78 is 5.77. The second-order valence-electron chi connectivity index (χ2n) is 11.7. The third-order valence-electron chi connectivity index (χ3n) is 7.27. The van der Waals surface area contributed by atoms with Gasteiger partial charge in [0.25, 0.3) is 0 Å². The minimum Gasteiger partial charge on any atom is -0.480 e. The molecule has 0 aromatic heterocycles. The van der Waals surface area contributed by atoms with E-state index in [9.17, 15) is 14.4 Å². The molecule has 0 aliphatic carbocycles. The van der Waals surface area contributed by atoms with E-state index in [1.165, 1.54) is 0 Å². The molecule has 2 N–H and O–H groups in total. The van der Waals surface area contributed by atoms with Gasteiger partial charge < -0.3 is 15.2 Å². The van der Waals surface area contributed by atoms with Gasteiger partial charge in [0.05, 0.1) is 0 Å². The van der Waals surface area contributed by atoms with E-state index in [0.717, 1.165) is 116 Å². The average molecular weight is 652 g/mol. The summed E-state index contributed by atoms with van der Waals surface area (Å²) in [5.41, 5.74) is 0. The predicted molar refractivity (Wildman–Crippen MR) is 198 cm³/mol. The van der Waals surface area contributed by atoms with Gasteiger partial charge in [-0.15, -0.1) is 0 Å². The summed E-state index contributed by atoms with van der Waals surface area (Å²) in [4.78, 5) is 34.6. The third kappa shape index (κ3) is 35.3. The number of allylic oxidation sites excluding steroid dienone is 13. The Bertz CT molecular complexity index is 986. The molecule has 6 nitrogen and oxygen atoms in total. The molecule has 0 aliphatic heterocycles. The Morgan fingerprint density at radius 2 is 1.11 bits per heavy atom. The largest absolute Gasteiger partial charge is 0.480 e. The number of hydrogen-bond donors (Lipinski definition) is 2. The molecule has 0 aliphatic rings. The van der Waals surface area contributed by atoms with Crippen LogP contribution in [0.1, 0.15) is 142 Å². The second kappa shape index (κ2) is 35.4. The van der Waals surface area contributed by atoms with Gasteiger partial charge in [-0.05, 0) is 89.5 Å². The Morgan fingerprint density at radius 1 is 0.596 bits per heavy atom. The van der Waals surface area contributed by atoms with Gasteiger partial charge in [0.2, 0.25) is 5.91 Å². The monoisotopic (exact) mass is 651 g/mol. The Hall–Kier alpha value is -3.41. The van der Waals surface area contributed by atoms with Crippen molar-refractivity contribution in [3.05, 3.63) is 85.1 Å². The number of carbonyl (C=O) groups excluding carboxylic acids is 2. The lowest BCUT2D eigenvalue weighted by molar-refractivity contribution is -0.147. The number of carbonyl (C=O) groups is 3. The highest BCUT2D eigenvalue weighted by atomic mass is 16.5. The van der Waals surface area contributed by atoms with Crippen LogP contribution in [0.15, 0.2) is 85.1 Å². The number of carboxylic acid groups (broad SMARTS) is 1. The maximum atomic E-state index is 12.5. The number of rotatable bonds is 31. The van der Waals surface area contributed by atoms with Crippen molar-refractivity contribution in [1.82, 2.24) is 5.32 Å². The van der Waals surface area contributed by atoms with Gasteiger partial charge in [-0.1, -0.05) is 125 Å². The number of unbranched alkanes of at least 4 members (excludes halogenated alkanes) is 8. The van der Waals surface area contributed by atoms with E-state index >= 15 is 0 Å². The molecule has 1 amide bonds. The zero-order valence-electron chi connectivity index (χ0n) is 29.6. The highest BCUT2D eigenvalue weighted by Crippen LogP contribution is 2.14. The first-order chi connectivity index (χ1) is 23.0. The van der Waals surface area contributed by atoms with Crippen molar-refractivity contribution in [1.29, 1.82) is 0 Å². The summed E-state index contributed by atoms with van der Waals surface area (Å²) in [5.74, 6) is -1.38. The lowest BCUT2D eigenvalue weighted by atomic mass is 10.1. The van der Waals surface area contributed by atoms with Crippen LogP contribution in [0.4, 0.5) is 0 Å². The fourth-order valence-electron chi connectivity index (χ4n) is 4.61. The quantitative estimate of drug-likeness (QED) is 0.0442. The first kappa shape index (κ1) is 43.6. The first-order valence-electron chi connectivity index (χ1n) is 18.2. The maximum Gasteiger partial charge on any atom is 0.322 e. The van der Waals surface area contributed by atoms with Crippen molar-refractivity contribution in [3.63, 3.8) is 0 Å². The van der Waals surface area contributed by atoms with E-state index in [1.54, 1.807) is 0 Å². The molecule has 0 aromatic carbocycles. The van der Waals surface area contributed by atoms with Crippen LogP contribution in [0.5, 0.6) is 0 Å². The van der Waals surface area contributed by atoms with Crippen molar-refractivity contribution in [2.24, 2.45) is 0 Å². The lowest BCUT2D eigenvalue weighted by Crippen LogP contribution is -2.28. The summed E-state index contributed by atoms with van der Waals surface area (Å²) in [6, 6.07) is 0. The molecule has 0 spiro atoms. The zero-order valence-corrected chi connectivity index (χ0v) is 29.6. The molecule has 0 bridgehead atoms. The van der Waals surface area contributed by atoms with Crippen molar-refractivity contribution in [2.75, 3.05) is 6.54 Å². The molecule has 1 unspecified atom stereocenters. The molecule has 0 aromatic rings. The van der Waals surface area contributed by atoms with Crippen LogP contribution in [0.25, 0.3) is 0 Å². The van der Waals surface area contributed by atoms with Crippen molar-refractivity contribution in [3.8, 4) is 0 Å². The van der Waals surface area contributed by atoms with Gasteiger partial charge in [-0.25, -0.2) is 0 Å². The molecular formula is C41H65NO5. The van der Waals surface area contributed by atoms with Gasteiger partial charge in [-0.3, -0.25) is 14.4 Å². The van der Waals surface area contributed by atoms with Gasteiger partial charge in [-0.2, -0.15) is 0 Å². The minimum atomic E-state index is -1.04. The molecule has 264 valence electrons. The summed E-state index contributed by atoms with van der Waals surface area (Å²) in [6.07, 6.45) is 49.0. The molecule has 0 saturated carbocycles. The van der Waals surface area contributed by atoms with E-state index in [4.69, 9.17) is 9.84 Å². The van der Waals surface area contributed by atoms with Crippen LogP contribution >= 0.6 is 0 Å². The summed E-state index contributed by atoms with van der Waals surface area (Å²) in [5, 5.41) is 11.0. The third-order valence-corrected chi connectivity index (χ3v) is 7.27. The molecule has 0 rings (SSSR count). The van der Waals surface area contributed by atoms with E-state index in [-0.39, 0.29) is 24.5 Å². The average Bonchev–Trinajstić information content (AvgIpc) is 3.05. The van der Waals surface area contributed by atoms with Crippen LogP contribution in [-0.4, -0.2) is 35.6 Å². The molecule has 0 fully saturated rings. The van der Waals surface area contributed by atoms with Gasteiger partial charge >= 0.3 is 11.9 Å². The summed E-state index contributed by atoms with van der Waals surface area (Å²) >= 11 is 0. The van der Waals surface area contributed by atoms with Crippen molar-refractivity contribution < 1.29 is 24.2 Å². The zero-order chi connectivity index (χ0) is 34.5. The van der Waals surface area contributed by atoms with E-state index in [0.29, 0.717) is 12.8 Å². The Balaban J connectivity index is 3.90. The van der Waals surface area contributed by atoms with Crippen molar-refractivity contribution in [2.45, 2.75) is 148 Å². The molecule has 47 heavy (non-hydrogen) atoms. The van der Waals surface area contributed by atoms with E-state index in [1.807, 2.05) is 6.08 Å². The first-order valence-corrected chi connectivity index (χ1v) is 18.2.